The van der Waals surface area contributed by atoms with Crippen molar-refractivity contribution in [2.45, 2.75) is 23.6 Å². The van der Waals surface area contributed by atoms with Crippen molar-refractivity contribution in [2.24, 2.45) is 0 Å². The fourth-order valence-electron chi connectivity index (χ4n) is 3.84. The second-order valence-corrected chi connectivity index (χ2v) is 12.2. The largest absolute Gasteiger partial charge is 0.269 e. The zero-order valence-corrected chi connectivity index (χ0v) is 22.2. The Balaban J connectivity index is 0.000000158. The lowest BCUT2D eigenvalue weighted by Crippen LogP contribution is -2.12. The van der Waals surface area contributed by atoms with Crippen LogP contribution in [0.25, 0.3) is 22.1 Å². The van der Waals surface area contributed by atoms with Gasteiger partial charge in [-0.1, -0.05) is 35.4 Å². The van der Waals surface area contributed by atoms with Crippen LogP contribution in [0.5, 0.6) is 0 Å². The Kier molecular flexibility index (Phi) is 6.26. The summed E-state index contributed by atoms with van der Waals surface area (Å²) in [5, 5.41) is 1.44. The Bertz CT molecular complexity index is 2010. The normalized spacial score (nSPS) is 12.2. The Hall–Kier alpha value is -4.28. The van der Waals surface area contributed by atoms with Crippen molar-refractivity contribution < 1.29 is 18.2 Å². The van der Waals surface area contributed by atoms with Gasteiger partial charge in [0.15, 0.2) is 11.3 Å². The maximum Gasteiger partial charge on any atom is 0.269 e. The van der Waals surface area contributed by atoms with Gasteiger partial charge in [-0.05, 0) is 74.5 Å². The molecule has 2 aromatic carbocycles. The summed E-state index contributed by atoms with van der Waals surface area (Å²) in [5.74, 6) is 0. The van der Waals surface area contributed by atoms with Crippen LogP contribution in [-0.4, -0.2) is 34.7 Å². The molecule has 4 aromatic heterocycles. The molecule has 0 spiro atoms. The first-order valence-corrected chi connectivity index (χ1v) is 14.5. The van der Waals surface area contributed by atoms with E-state index in [2.05, 4.69) is 9.97 Å². The van der Waals surface area contributed by atoms with Crippen LogP contribution in [0.3, 0.4) is 0 Å². The molecule has 10 heteroatoms. The van der Waals surface area contributed by atoms with Crippen LogP contribution in [0.2, 0.25) is 0 Å². The third-order valence-corrected chi connectivity index (χ3v) is 9.21. The van der Waals surface area contributed by atoms with Crippen molar-refractivity contribution in [3.63, 3.8) is 0 Å². The van der Waals surface area contributed by atoms with E-state index in [4.69, 9.17) is 1.37 Å². The number of hydrogen-bond donors (Lipinski definition) is 0. The first-order valence-electron chi connectivity index (χ1n) is 12.1. The van der Waals surface area contributed by atoms with Gasteiger partial charge in [0.1, 0.15) is 0 Å². The van der Waals surface area contributed by atoms with Crippen LogP contribution in [0, 0.1) is 13.8 Å². The van der Waals surface area contributed by atoms with Gasteiger partial charge in [0.05, 0.1) is 11.2 Å². The lowest BCUT2D eigenvalue weighted by Gasteiger charge is -2.07. The van der Waals surface area contributed by atoms with Gasteiger partial charge >= 0.3 is 0 Å². The highest BCUT2D eigenvalue weighted by molar-refractivity contribution is 7.90. The summed E-state index contributed by atoms with van der Waals surface area (Å²) in [4.78, 5) is 8.63. The number of hydrogen-bond acceptors (Lipinski definition) is 6. The van der Waals surface area contributed by atoms with Gasteiger partial charge in [0, 0.05) is 35.5 Å². The van der Waals surface area contributed by atoms with E-state index in [1.54, 1.807) is 79.0 Å². The fourth-order valence-corrected chi connectivity index (χ4v) is 6.41. The van der Waals surface area contributed by atoms with Crippen LogP contribution in [0.4, 0.5) is 0 Å². The van der Waals surface area contributed by atoms with E-state index in [1.165, 1.54) is 22.4 Å². The van der Waals surface area contributed by atoms with Crippen molar-refractivity contribution in [1.29, 1.82) is 0 Å². The zero-order chi connectivity index (χ0) is 27.8. The molecule has 6 aromatic rings. The first kappa shape index (κ1) is 24.1. The Morgan fingerprint density at radius 3 is 1.58 bits per heavy atom. The average molecular weight is 546 g/mol. The molecule has 6 rings (SSSR count). The molecule has 0 aliphatic heterocycles. The third-order valence-electron chi connectivity index (χ3n) is 5.90. The average Bonchev–Trinajstić information content (AvgIpc) is 3.51. The predicted octanol–water partition coefficient (Wildman–Crippen LogP) is 5.16. The highest BCUT2D eigenvalue weighted by Gasteiger charge is 2.20. The van der Waals surface area contributed by atoms with Crippen LogP contribution >= 0.6 is 0 Å². The lowest BCUT2D eigenvalue weighted by molar-refractivity contribution is 0.587. The number of pyridine rings is 2. The second kappa shape index (κ2) is 9.88. The minimum absolute atomic E-state index is 0.0979. The van der Waals surface area contributed by atoms with Crippen molar-refractivity contribution >= 4 is 42.1 Å². The van der Waals surface area contributed by atoms with E-state index < -0.39 is 20.0 Å². The summed E-state index contributed by atoms with van der Waals surface area (Å²) in [6.45, 7) is 3.81. The summed E-state index contributed by atoms with van der Waals surface area (Å²) in [7, 11) is -7.39. The van der Waals surface area contributed by atoms with Crippen molar-refractivity contribution in [3.05, 3.63) is 121 Å². The molecule has 0 aliphatic carbocycles. The summed E-state index contributed by atoms with van der Waals surface area (Å²) in [5.41, 5.74) is 2.72. The van der Waals surface area contributed by atoms with Crippen molar-refractivity contribution in [1.82, 2.24) is 17.9 Å². The van der Waals surface area contributed by atoms with E-state index in [0.717, 1.165) is 20.5 Å². The topological polar surface area (TPSA) is 104 Å². The third kappa shape index (κ3) is 4.71. The van der Waals surface area contributed by atoms with Gasteiger partial charge in [-0.25, -0.2) is 34.7 Å². The molecular formula is C28H24N4O4S2. The number of rotatable bonds is 4. The van der Waals surface area contributed by atoms with E-state index in [9.17, 15) is 16.8 Å². The van der Waals surface area contributed by atoms with Crippen LogP contribution < -0.4 is 0 Å². The molecule has 192 valence electrons. The summed E-state index contributed by atoms with van der Waals surface area (Å²) >= 11 is 0. The molecule has 0 atom stereocenters. The molecule has 0 unspecified atom stereocenters. The van der Waals surface area contributed by atoms with Gasteiger partial charge in [0.25, 0.3) is 20.0 Å². The number of benzene rings is 2. The lowest BCUT2D eigenvalue weighted by atomic mass is 10.2. The molecule has 38 heavy (non-hydrogen) atoms. The SMILES string of the molecule is Cc1ccc(S(=O)(=O)n2ccc3cccnc32)cc1.[2H]c1cc2cccnc2n1S(=O)(=O)c1ccc(C)cc1. The summed E-state index contributed by atoms with van der Waals surface area (Å²) < 4.78 is 60.4. The number of nitrogens with zero attached hydrogens (tertiary/aromatic N) is 4. The molecular weight excluding hydrogens is 520 g/mol. The number of aromatic nitrogens is 4. The van der Waals surface area contributed by atoms with E-state index in [1.807, 2.05) is 19.9 Å². The van der Waals surface area contributed by atoms with Gasteiger partial charge in [0.2, 0.25) is 0 Å². The second-order valence-electron chi connectivity index (χ2n) is 8.62. The smallest absolute Gasteiger partial charge is 0.237 e. The monoisotopic (exact) mass is 545 g/mol. The molecule has 4 heterocycles. The summed E-state index contributed by atoms with van der Waals surface area (Å²) in [6.07, 6.45) is 4.54. The van der Waals surface area contributed by atoms with Crippen LogP contribution in [0.15, 0.2) is 119 Å². The van der Waals surface area contributed by atoms with E-state index in [0.29, 0.717) is 11.0 Å². The van der Waals surface area contributed by atoms with Crippen LogP contribution in [-0.2, 0) is 20.0 Å². The molecule has 8 nitrogen and oxygen atoms in total. The molecule has 0 radical (unpaired) electrons. The van der Waals surface area contributed by atoms with E-state index >= 15 is 0 Å². The highest BCUT2D eigenvalue weighted by atomic mass is 32.2. The molecule has 0 N–H and O–H groups in total. The van der Waals surface area contributed by atoms with Gasteiger partial charge < -0.3 is 0 Å². The van der Waals surface area contributed by atoms with Gasteiger partial charge in [-0.3, -0.25) is 0 Å². The molecule has 0 saturated carbocycles. The first-order chi connectivity index (χ1) is 18.6. The minimum atomic E-state index is -3.80. The van der Waals surface area contributed by atoms with Gasteiger partial charge in [-0.15, -0.1) is 0 Å². The number of fused-ring (bicyclic) bond motifs is 2. The standard InChI is InChI=1S/2C14H12N2O2S/c2*1-11-4-6-13(7-5-11)19(17,18)16-10-8-12-3-2-9-15-14(12)16/h2*2-10H,1H3/i10D;. The van der Waals surface area contributed by atoms with Crippen molar-refractivity contribution in [3.8, 4) is 0 Å². The van der Waals surface area contributed by atoms with Gasteiger partial charge in [-0.2, -0.15) is 0 Å². The molecule has 0 saturated heterocycles. The van der Waals surface area contributed by atoms with Crippen LogP contribution in [0.1, 0.15) is 12.5 Å². The minimum Gasteiger partial charge on any atom is -0.237 e. The highest BCUT2D eigenvalue weighted by Crippen LogP contribution is 2.22. The zero-order valence-electron chi connectivity index (χ0n) is 21.6. The molecule has 0 fully saturated rings. The Labute approximate surface area is 222 Å². The Morgan fingerprint density at radius 2 is 1.05 bits per heavy atom. The quantitative estimate of drug-likeness (QED) is 0.303. The maximum absolute atomic E-state index is 12.6. The molecule has 0 aliphatic rings. The number of aryl methyl sites for hydroxylation is 2. The molecule has 0 bridgehead atoms. The van der Waals surface area contributed by atoms with Crippen molar-refractivity contribution in [2.75, 3.05) is 0 Å². The summed E-state index contributed by atoms with van der Waals surface area (Å²) in [6, 6.07) is 23.6. The fraction of sp³-hybridized carbons (Fsp3) is 0.0714. The Morgan fingerprint density at radius 1 is 0.605 bits per heavy atom. The van der Waals surface area contributed by atoms with E-state index in [-0.39, 0.29) is 21.6 Å². The predicted molar refractivity (Wildman–Crippen MR) is 147 cm³/mol. The maximum atomic E-state index is 12.6. The molecule has 0 amide bonds.